The third kappa shape index (κ3) is 4.48. The molecular formula is C14H23IN6. The molecule has 0 amide bonds. The zero-order valence-corrected chi connectivity index (χ0v) is 15.3. The van der Waals surface area contributed by atoms with Gasteiger partial charge in [-0.25, -0.2) is 0 Å². The van der Waals surface area contributed by atoms with Crippen molar-refractivity contribution in [3.8, 4) is 0 Å². The van der Waals surface area contributed by atoms with Crippen molar-refractivity contribution in [2.24, 2.45) is 12.0 Å². The number of aromatic nitrogens is 3. The van der Waals surface area contributed by atoms with Crippen molar-refractivity contribution in [2.75, 3.05) is 14.1 Å². The molecule has 0 fully saturated rings. The van der Waals surface area contributed by atoms with Gasteiger partial charge in [-0.1, -0.05) is 0 Å². The van der Waals surface area contributed by atoms with Crippen molar-refractivity contribution in [3.63, 3.8) is 0 Å². The van der Waals surface area contributed by atoms with Gasteiger partial charge in [0.05, 0.1) is 12.7 Å². The van der Waals surface area contributed by atoms with Crippen LogP contribution in [-0.2, 0) is 20.1 Å². The molecular weight excluding hydrogens is 379 g/mol. The zero-order valence-electron chi connectivity index (χ0n) is 12.9. The molecule has 0 radical (unpaired) electrons. The standard InChI is InChI=1S/C14H22N6.HI/c1-11-12(9-17-18-11)8-16-14(15-2)20(4)10-13-6-5-7-19(13)3;/h5-7,9H,8,10H2,1-4H3,(H,15,16)(H,17,18);1H. The van der Waals surface area contributed by atoms with Crippen LogP contribution in [-0.4, -0.2) is 39.7 Å². The zero-order chi connectivity index (χ0) is 14.5. The molecule has 0 spiro atoms. The summed E-state index contributed by atoms with van der Waals surface area (Å²) >= 11 is 0. The first-order valence-electron chi connectivity index (χ1n) is 6.62. The number of hydrogen-bond donors (Lipinski definition) is 2. The summed E-state index contributed by atoms with van der Waals surface area (Å²) in [5.74, 6) is 0.867. The smallest absolute Gasteiger partial charge is 0.194 e. The Bertz CT molecular complexity index is 586. The molecule has 6 nitrogen and oxygen atoms in total. The van der Waals surface area contributed by atoms with Gasteiger partial charge in [0.1, 0.15) is 0 Å². The maximum Gasteiger partial charge on any atom is 0.194 e. The summed E-state index contributed by atoms with van der Waals surface area (Å²) in [5, 5.41) is 10.3. The maximum atomic E-state index is 4.32. The van der Waals surface area contributed by atoms with Gasteiger partial charge in [-0.05, 0) is 19.1 Å². The normalized spacial score (nSPS) is 11.1. The fraction of sp³-hybridized carbons (Fsp3) is 0.429. The third-order valence-electron chi connectivity index (χ3n) is 3.40. The Morgan fingerprint density at radius 3 is 2.81 bits per heavy atom. The third-order valence-corrected chi connectivity index (χ3v) is 3.40. The number of nitrogens with one attached hydrogen (secondary N) is 2. The summed E-state index contributed by atoms with van der Waals surface area (Å²) < 4.78 is 2.12. The van der Waals surface area contributed by atoms with Crippen LogP contribution in [0.25, 0.3) is 0 Å². The highest BCUT2D eigenvalue weighted by Crippen LogP contribution is 2.05. The first kappa shape index (κ1) is 17.5. The maximum absolute atomic E-state index is 4.32. The van der Waals surface area contributed by atoms with E-state index < -0.39 is 0 Å². The molecule has 2 rings (SSSR count). The van der Waals surface area contributed by atoms with Gasteiger partial charge in [0, 0.05) is 50.8 Å². The fourth-order valence-electron chi connectivity index (χ4n) is 2.09. The SMILES string of the molecule is CN=C(NCc1cn[nH]c1C)N(C)Cc1cccn1C.I. The Morgan fingerprint density at radius 2 is 2.29 bits per heavy atom. The minimum Gasteiger partial charge on any atom is -0.353 e. The van der Waals surface area contributed by atoms with E-state index in [2.05, 4.69) is 36.0 Å². The van der Waals surface area contributed by atoms with Crippen LogP contribution < -0.4 is 5.32 Å². The fourth-order valence-corrected chi connectivity index (χ4v) is 2.09. The Hall–Kier alpha value is -1.51. The predicted molar refractivity (Wildman–Crippen MR) is 95.8 cm³/mol. The number of nitrogens with zero attached hydrogens (tertiary/aromatic N) is 4. The molecule has 0 unspecified atom stereocenters. The second-order valence-corrected chi connectivity index (χ2v) is 4.89. The molecule has 116 valence electrons. The second-order valence-electron chi connectivity index (χ2n) is 4.89. The average molecular weight is 402 g/mol. The minimum absolute atomic E-state index is 0. The molecule has 2 N–H and O–H groups in total. The number of aryl methyl sites for hydroxylation is 2. The van der Waals surface area contributed by atoms with Gasteiger partial charge >= 0.3 is 0 Å². The quantitative estimate of drug-likeness (QED) is 0.467. The monoisotopic (exact) mass is 402 g/mol. The summed E-state index contributed by atoms with van der Waals surface area (Å²) in [6.45, 7) is 3.54. The van der Waals surface area contributed by atoms with Crippen molar-refractivity contribution in [1.29, 1.82) is 0 Å². The molecule has 0 aliphatic carbocycles. The highest BCUT2D eigenvalue weighted by molar-refractivity contribution is 14.0. The van der Waals surface area contributed by atoms with Crippen molar-refractivity contribution in [3.05, 3.63) is 41.5 Å². The number of guanidine groups is 1. The number of hydrogen-bond acceptors (Lipinski definition) is 2. The highest BCUT2D eigenvalue weighted by Gasteiger charge is 2.09. The van der Waals surface area contributed by atoms with Gasteiger partial charge in [-0.3, -0.25) is 10.1 Å². The molecule has 0 aliphatic rings. The van der Waals surface area contributed by atoms with Crippen LogP contribution in [0.1, 0.15) is 17.0 Å². The summed E-state index contributed by atoms with van der Waals surface area (Å²) in [5.41, 5.74) is 3.48. The molecule has 0 atom stereocenters. The Kier molecular flexibility index (Phi) is 6.73. The molecule has 7 heteroatoms. The van der Waals surface area contributed by atoms with Gasteiger partial charge in [0.2, 0.25) is 0 Å². The van der Waals surface area contributed by atoms with Crippen LogP contribution >= 0.6 is 24.0 Å². The van der Waals surface area contributed by atoms with E-state index in [4.69, 9.17) is 0 Å². The molecule has 0 saturated carbocycles. The van der Waals surface area contributed by atoms with Gasteiger partial charge in [0.15, 0.2) is 5.96 Å². The first-order chi connectivity index (χ1) is 9.61. The first-order valence-corrected chi connectivity index (χ1v) is 6.62. The van der Waals surface area contributed by atoms with Crippen LogP contribution in [0.15, 0.2) is 29.5 Å². The Morgan fingerprint density at radius 1 is 1.52 bits per heavy atom. The lowest BCUT2D eigenvalue weighted by Crippen LogP contribution is -2.38. The minimum atomic E-state index is 0. The molecule has 0 aromatic carbocycles. The molecule has 21 heavy (non-hydrogen) atoms. The predicted octanol–water partition coefficient (Wildman–Crippen LogP) is 1.88. The summed E-state index contributed by atoms with van der Waals surface area (Å²) in [7, 11) is 5.88. The largest absolute Gasteiger partial charge is 0.353 e. The van der Waals surface area contributed by atoms with Gasteiger partial charge < -0.3 is 14.8 Å². The molecule has 0 bridgehead atoms. The molecule has 0 aliphatic heterocycles. The van der Waals surface area contributed by atoms with Crippen molar-refractivity contribution in [1.82, 2.24) is 25.0 Å². The number of aliphatic imine (C=N–C) groups is 1. The van der Waals surface area contributed by atoms with E-state index >= 15 is 0 Å². The number of H-pyrrole nitrogens is 1. The van der Waals surface area contributed by atoms with Gasteiger partial charge in [0.25, 0.3) is 0 Å². The molecule has 2 heterocycles. The Balaban J connectivity index is 0.00000220. The molecule has 0 saturated heterocycles. The van der Waals surface area contributed by atoms with Crippen LogP contribution in [0, 0.1) is 6.92 Å². The van der Waals surface area contributed by atoms with Crippen molar-refractivity contribution >= 4 is 29.9 Å². The summed E-state index contributed by atoms with van der Waals surface area (Å²) in [6, 6.07) is 4.16. The van der Waals surface area contributed by atoms with E-state index in [9.17, 15) is 0 Å². The summed E-state index contributed by atoms with van der Waals surface area (Å²) in [4.78, 5) is 6.42. The van der Waals surface area contributed by atoms with Crippen LogP contribution in [0.4, 0.5) is 0 Å². The molecule has 2 aromatic rings. The van der Waals surface area contributed by atoms with Crippen LogP contribution in [0.5, 0.6) is 0 Å². The van der Waals surface area contributed by atoms with Crippen molar-refractivity contribution in [2.45, 2.75) is 20.0 Å². The van der Waals surface area contributed by atoms with E-state index in [1.807, 2.05) is 39.5 Å². The van der Waals surface area contributed by atoms with E-state index in [0.717, 1.165) is 23.8 Å². The van der Waals surface area contributed by atoms with E-state index in [0.29, 0.717) is 6.54 Å². The second kappa shape index (κ2) is 8.06. The Labute approximate surface area is 142 Å². The highest BCUT2D eigenvalue weighted by atomic mass is 127. The average Bonchev–Trinajstić information content (AvgIpc) is 3.00. The van der Waals surface area contributed by atoms with Gasteiger partial charge in [-0.2, -0.15) is 5.10 Å². The van der Waals surface area contributed by atoms with Gasteiger partial charge in [-0.15, -0.1) is 24.0 Å². The van der Waals surface area contributed by atoms with Crippen LogP contribution in [0.2, 0.25) is 0 Å². The van der Waals surface area contributed by atoms with Crippen LogP contribution in [0.3, 0.4) is 0 Å². The van der Waals surface area contributed by atoms with E-state index in [-0.39, 0.29) is 24.0 Å². The lowest BCUT2D eigenvalue weighted by Gasteiger charge is -2.22. The lowest BCUT2D eigenvalue weighted by atomic mass is 10.3. The molecule has 2 aromatic heterocycles. The lowest BCUT2D eigenvalue weighted by molar-refractivity contribution is 0.461. The number of halogens is 1. The number of rotatable bonds is 4. The van der Waals surface area contributed by atoms with E-state index in [1.165, 1.54) is 5.69 Å². The summed E-state index contributed by atoms with van der Waals surface area (Å²) in [6.07, 6.45) is 3.89. The topological polar surface area (TPSA) is 61.2 Å². The van der Waals surface area contributed by atoms with Crippen molar-refractivity contribution < 1.29 is 0 Å². The van der Waals surface area contributed by atoms with E-state index in [1.54, 1.807) is 7.05 Å². The number of aromatic amines is 1.